The molecule has 0 heterocycles. The van der Waals surface area contributed by atoms with Gasteiger partial charge < -0.3 is 4.74 Å². The molecule has 0 atom stereocenters. The van der Waals surface area contributed by atoms with Crippen LogP contribution in [0.3, 0.4) is 0 Å². The first-order valence-corrected chi connectivity index (χ1v) is 6.26. The topological polar surface area (TPSA) is 9.23 Å². The number of rotatable bonds is 3. The number of thioether (sulfide) groups is 1. The van der Waals surface area contributed by atoms with E-state index in [0.717, 1.165) is 5.75 Å². The fourth-order valence-electron chi connectivity index (χ4n) is 1.59. The summed E-state index contributed by atoms with van der Waals surface area (Å²) >= 11 is 1.77. The molecule has 0 aromatic heterocycles. The lowest BCUT2D eigenvalue weighted by Gasteiger charge is -2.05. The summed E-state index contributed by atoms with van der Waals surface area (Å²) in [6.45, 7) is 2.72. The summed E-state index contributed by atoms with van der Waals surface area (Å²) < 4.78 is 5.47. The molecule has 0 spiro atoms. The molecule has 0 N–H and O–H groups in total. The number of ether oxygens (including phenoxy) is 1. The Hall–Kier alpha value is -1.15. The lowest BCUT2D eigenvalue weighted by molar-refractivity contribution is 0.341. The SMILES string of the molecule is CCOc1ccc2cc(SC)ccc2c1. The van der Waals surface area contributed by atoms with Gasteiger partial charge >= 0.3 is 0 Å². The molecule has 0 amide bonds. The van der Waals surface area contributed by atoms with Gasteiger partial charge in [-0.2, -0.15) is 0 Å². The lowest BCUT2D eigenvalue weighted by atomic mass is 10.1. The first-order valence-electron chi connectivity index (χ1n) is 5.04. The molecule has 0 bridgehead atoms. The quantitative estimate of drug-likeness (QED) is 0.721. The van der Waals surface area contributed by atoms with E-state index in [1.54, 1.807) is 11.8 Å². The van der Waals surface area contributed by atoms with Crippen molar-refractivity contribution in [1.29, 1.82) is 0 Å². The minimum atomic E-state index is 0.717. The molecule has 2 aromatic carbocycles. The predicted octanol–water partition coefficient (Wildman–Crippen LogP) is 3.96. The van der Waals surface area contributed by atoms with E-state index in [9.17, 15) is 0 Å². The largest absolute Gasteiger partial charge is 0.494 e. The summed E-state index contributed by atoms with van der Waals surface area (Å²) in [6.07, 6.45) is 2.09. The minimum absolute atomic E-state index is 0.717. The molecule has 2 aromatic rings. The zero-order valence-corrected chi connectivity index (χ0v) is 9.80. The Morgan fingerprint density at radius 2 is 1.80 bits per heavy atom. The molecule has 2 rings (SSSR count). The lowest BCUT2D eigenvalue weighted by Crippen LogP contribution is -1.90. The van der Waals surface area contributed by atoms with Crippen LogP contribution in [-0.2, 0) is 0 Å². The first kappa shape index (κ1) is 10.4. The maximum Gasteiger partial charge on any atom is 0.119 e. The molecule has 1 nitrogen and oxygen atoms in total. The monoisotopic (exact) mass is 218 g/mol. The molecular formula is C13H14OS. The number of benzene rings is 2. The Bertz CT molecular complexity index is 465. The van der Waals surface area contributed by atoms with Crippen LogP contribution in [0.1, 0.15) is 6.92 Å². The Kier molecular flexibility index (Phi) is 3.17. The van der Waals surface area contributed by atoms with E-state index < -0.39 is 0 Å². The Morgan fingerprint density at radius 1 is 1.07 bits per heavy atom. The third-order valence-corrected chi connectivity index (χ3v) is 3.06. The van der Waals surface area contributed by atoms with Crippen LogP contribution in [0.15, 0.2) is 41.3 Å². The molecule has 15 heavy (non-hydrogen) atoms. The van der Waals surface area contributed by atoms with Crippen molar-refractivity contribution in [1.82, 2.24) is 0 Å². The highest BCUT2D eigenvalue weighted by Gasteiger charge is 1.98. The van der Waals surface area contributed by atoms with E-state index in [1.807, 2.05) is 13.0 Å². The van der Waals surface area contributed by atoms with Crippen molar-refractivity contribution in [2.75, 3.05) is 12.9 Å². The van der Waals surface area contributed by atoms with Gasteiger partial charge in [0.1, 0.15) is 5.75 Å². The molecule has 2 heteroatoms. The highest BCUT2D eigenvalue weighted by Crippen LogP contribution is 2.25. The molecule has 0 aliphatic carbocycles. The number of fused-ring (bicyclic) bond motifs is 1. The normalized spacial score (nSPS) is 10.5. The van der Waals surface area contributed by atoms with E-state index in [1.165, 1.54) is 15.7 Å². The van der Waals surface area contributed by atoms with E-state index in [4.69, 9.17) is 4.74 Å². The average molecular weight is 218 g/mol. The maximum absolute atomic E-state index is 5.47. The molecule has 0 aliphatic heterocycles. The van der Waals surface area contributed by atoms with Crippen molar-refractivity contribution in [2.24, 2.45) is 0 Å². The predicted molar refractivity (Wildman–Crippen MR) is 66.9 cm³/mol. The average Bonchev–Trinajstić information content (AvgIpc) is 2.29. The molecule has 0 radical (unpaired) electrons. The Morgan fingerprint density at radius 3 is 2.53 bits per heavy atom. The first-order chi connectivity index (χ1) is 7.33. The second kappa shape index (κ2) is 4.58. The van der Waals surface area contributed by atoms with Crippen molar-refractivity contribution in [3.63, 3.8) is 0 Å². The smallest absolute Gasteiger partial charge is 0.119 e. The summed E-state index contributed by atoms with van der Waals surface area (Å²) in [5.41, 5.74) is 0. The van der Waals surface area contributed by atoms with Gasteiger partial charge in [-0.25, -0.2) is 0 Å². The standard InChI is InChI=1S/C13H14OS/c1-3-14-12-6-4-11-9-13(15-2)7-5-10(11)8-12/h4-9H,3H2,1-2H3. The fraction of sp³-hybridized carbons (Fsp3) is 0.231. The summed E-state index contributed by atoms with van der Waals surface area (Å²) in [5.74, 6) is 0.946. The van der Waals surface area contributed by atoms with Crippen LogP contribution in [0.2, 0.25) is 0 Å². The van der Waals surface area contributed by atoms with Crippen molar-refractivity contribution in [3.8, 4) is 5.75 Å². The van der Waals surface area contributed by atoms with E-state index in [0.29, 0.717) is 6.61 Å². The molecular weight excluding hydrogens is 204 g/mol. The van der Waals surface area contributed by atoms with Crippen LogP contribution in [0.4, 0.5) is 0 Å². The number of hydrogen-bond acceptors (Lipinski definition) is 2. The van der Waals surface area contributed by atoms with Gasteiger partial charge in [0.15, 0.2) is 0 Å². The van der Waals surface area contributed by atoms with Crippen LogP contribution >= 0.6 is 11.8 Å². The second-order valence-electron chi connectivity index (χ2n) is 3.31. The Balaban J connectivity index is 2.45. The van der Waals surface area contributed by atoms with E-state index in [2.05, 4.69) is 36.6 Å². The summed E-state index contributed by atoms with van der Waals surface area (Å²) in [6, 6.07) is 12.7. The van der Waals surface area contributed by atoms with E-state index in [-0.39, 0.29) is 0 Å². The van der Waals surface area contributed by atoms with Gasteiger partial charge in [0, 0.05) is 4.90 Å². The van der Waals surface area contributed by atoms with Gasteiger partial charge in [0.05, 0.1) is 6.61 Å². The summed E-state index contributed by atoms with van der Waals surface area (Å²) in [7, 11) is 0. The van der Waals surface area contributed by atoms with Crippen LogP contribution in [0.5, 0.6) is 5.75 Å². The highest BCUT2D eigenvalue weighted by molar-refractivity contribution is 7.98. The van der Waals surface area contributed by atoms with Gasteiger partial charge in [0.2, 0.25) is 0 Å². The van der Waals surface area contributed by atoms with Gasteiger partial charge in [-0.1, -0.05) is 12.1 Å². The molecule has 0 aliphatic rings. The maximum atomic E-state index is 5.47. The van der Waals surface area contributed by atoms with Crippen molar-refractivity contribution in [3.05, 3.63) is 36.4 Å². The van der Waals surface area contributed by atoms with Crippen molar-refractivity contribution in [2.45, 2.75) is 11.8 Å². The zero-order valence-electron chi connectivity index (χ0n) is 8.99. The molecule has 78 valence electrons. The second-order valence-corrected chi connectivity index (χ2v) is 4.19. The third-order valence-electron chi connectivity index (χ3n) is 2.33. The van der Waals surface area contributed by atoms with Crippen LogP contribution < -0.4 is 4.74 Å². The van der Waals surface area contributed by atoms with E-state index >= 15 is 0 Å². The summed E-state index contributed by atoms with van der Waals surface area (Å²) in [4.78, 5) is 1.30. The van der Waals surface area contributed by atoms with Crippen LogP contribution in [-0.4, -0.2) is 12.9 Å². The fourth-order valence-corrected chi connectivity index (χ4v) is 2.03. The molecule has 0 saturated carbocycles. The van der Waals surface area contributed by atoms with Gasteiger partial charge in [-0.15, -0.1) is 11.8 Å². The zero-order chi connectivity index (χ0) is 10.7. The number of hydrogen-bond donors (Lipinski definition) is 0. The van der Waals surface area contributed by atoms with Gasteiger partial charge in [0.25, 0.3) is 0 Å². The van der Waals surface area contributed by atoms with Gasteiger partial charge in [-0.05, 0) is 48.2 Å². The van der Waals surface area contributed by atoms with Crippen LogP contribution in [0, 0.1) is 0 Å². The third kappa shape index (κ3) is 2.26. The van der Waals surface area contributed by atoms with Gasteiger partial charge in [-0.3, -0.25) is 0 Å². The summed E-state index contributed by atoms with van der Waals surface area (Å²) in [5, 5.41) is 2.50. The highest BCUT2D eigenvalue weighted by atomic mass is 32.2. The molecule has 0 fully saturated rings. The van der Waals surface area contributed by atoms with Crippen molar-refractivity contribution < 1.29 is 4.74 Å². The van der Waals surface area contributed by atoms with Crippen LogP contribution in [0.25, 0.3) is 10.8 Å². The molecule has 0 unspecified atom stereocenters. The van der Waals surface area contributed by atoms with Crippen molar-refractivity contribution >= 4 is 22.5 Å². The Labute approximate surface area is 94.4 Å². The molecule has 0 saturated heterocycles. The minimum Gasteiger partial charge on any atom is -0.494 e.